The van der Waals surface area contributed by atoms with Crippen LogP contribution in [-0.2, 0) is 0 Å². The number of fused-ring (bicyclic) bond motifs is 3. The maximum absolute atomic E-state index is 9.76. The number of hydrogen-bond donors (Lipinski definition) is 2. The van der Waals surface area contributed by atoms with Crippen molar-refractivity contribution in [2.45, 2.75) is 12.3 Å². The molecular weight excluding hydrogens is 190 g/mol. The topological polar surface area (TPSA) is 41.5 Å². The van der Waals surface area contributed by atoms with E-state index >= 15 is 0 Å². The molecule has 0 radical (unpaired) electrons. The Bertz CT molecular complexity index is 378. The molecule has 1 aromatic rings. The number of nitrogens with one attached hydrogen (secondary N) is 1. The van der Waals surface area contributed by atoms with Crippen LogP contribution in [0.25, 0.3) is 0 Å². The number of para-hydroxylation sites is 1. The van der Waals surface area contributed by atoms with Crippen molar-refractivity contribution in [3.63, 3.8) is 0 Å². The minimum absolute atomic E-state index is 0.278. The first-order valence-corrected chi connectivity index (χ1v) is 5.51. The van der Waals surface area contributed by atoms with E-state index in [1.54, 1.807) is 6.07 Å². The zero-order chi connectivity index (χ0) is 10.3. The van der Waals surface area contributed by atoms with Gasteiger partial charge in [0.05, 0.1) is 6.61 Å². The van der Waals surface area contributed by atoms with E-state index in [-0.39, 0.29) is 5.75 Å². The fourth-order valence-corrected chi connectivity index (χ4v) is 2.70. The fraction of sp³-hybridized carbons (Fsp3) is 0.500. The lowest BCUT2D eigenvalue weighted by molar-refractivity contribution is 0.283. The second-order valence-electron chi connectivity index (χ2n) is 4.36. The summed E-state index contributed by atoms with van der Waals surface area (Å²) in [6.45, 7) is 2.79. The number of phenolic OH excluding ortho intramolecular Hbond substituents is 1. The molecule has 1 unspecified atom stereocenters. The molecule has 1 saturated heterocycles. The molecule has 80 valence electrons. The lowest BCUT2D eigenvalue weighted by atomic mass is 9.87. The number of aromatic hydroxyl groups is 1. The molecule has 0 amide bonds. The number of hydrogen-bond acceptors (Lipinski definition) is 3. The number of phenols is 1. The molecule has 2 N–H and O–H groups in total. The summed E-state index contributed by atoms with van der Waals surface area (Å²) in [6.07, 6.45) is 1.08. The Morgan fingerprint density at radius 3 is 3.20 bits per heavy atom. The summed E-state index contributed by atoms with van der Waals surface area (Å²) in [5, 5.41) is 13.2. The second-order valence-corrected chi connectivity index (χ2v) is 4.36. The highest BCUT2D eigenvalue weighted by molar-refractivity contribution is 5.48. The number of ether oxygens (including phenoxy) is 1. The van der Waals surface area contributed by atoms with Gasteiger partial charge in [0.2, 0.25) is 0 Å². The van der Waals surface area contributed by atoms with Crippen LogP contribution < -0.4 is 10.1 Å². The molecule has 3 heteroatoms. The molecule has 1 aromatic carbocycles. The molecule has 0 spiro atoms. The van der Waals surface area contributed by atoms with Crippen LogP contribution in [0.3, 0.4) is 0 Å². The lowest BCUT2D eigenvalue weighted by Gasteiger charge is -2.15. The van der Waals surface area contributed by atoms with Crippen LogP contribution in [-0.4, -0.2) is 24.8 Å². The van der Waals surface area contributed by atoms with E-state index in [1.165, 1.54) is 5.56 Å². The van der Waals surface area contributed by atoms with Gasteiger partial charge in [0.1, 0.15) is 0 Å². The van der Waals surface area contributed by atoms with Crippen LogP contribution in [0, 0.1) is 5.92 Å². The van der Waals surface area contributed by atoms with E-state index in [9.17, 15) is 5.11 Å². The van der Waals surface area contributed by atoms with Crippen LogP contribution in [0.1, 0.15) is 17.9 Å². The highest BCUT2D eigenvalue weighted by atomic mass is 16.5. The zero-order valence-corrected chi connectivity index (χ0v) is 8.57. The van der Waals surface area contributed by atoms with Crippen molar-refractivity contribution in [1.82, 2.24) is 5.32 Å². The summed E-state index contributed by atoms with van der Waals surface area (Å²) in [5.41, 5.74) is 1.17. The summed E-state index contributed by atoms with van der Waals surface area (Å²) in [6, 6.07) is 5.67. The highest BCUT2D eigenvalue weighted by Crippen LogP contribution is 2.42. The third-order valence-corrected chi connectivity index (χ3v) is 3.50. The molecule has 2 aliphatic heterocycles. The molecule has 1 fully saturated rings. The Kier molecular flexibility index (Phi) is 2.06. The van der Waals surface area contributed by atoms with Crippen molar-refractivity contribution in [2.24, 2.45) is 5.92 Å². The molecule has 3 nitrogen and oxygen atoms in total. The van der Waals surface area contributed by atoms with Crippen molar-refractivity contribution in [3.8, 4) is 11.5 Å². The first-order valence-electron chi connectivity index (χ1n) is 5.51. The van der Waals surface area contributed by atoms with E-state index < -0.39 is 0 Å². The third kappa shape index (κ3) is 1.38. The Hall–Kier alpha value is -1.22. The molecule has 0 aromatic heterocycles. The molecule has 15 heavy (non-hydrogen) atoms. The van der Waals surface area contributed by atoms with Crippen LogP contribution >= 0.6 is 0 Å². The normalized spacial score (nSPS) is 28.8. The summed E-state index contributed by atoms with van der Waals surface area (Å²) in [4.78, 5) is 0. The van der Waals surface area contributed by atoms with Crippen LogP contribution in [0.15, 0.2) is 18.2 Å². The Morgan fingerprint density at radius 1 is 1.33 bits per heavy atom. The Morgan fingerprint density at radius 2 is 2.27 bits per heavy atom. The molecule has 3 rings (SSSR count). The smallest absolute Gasteiger partial charge is 0.164 e. The highest BCUT2D eigenvalue weighted by Gasteiger charge is 2.33. The molecule has 2 heterocycles. The summed E-state index contributed by atoms with van der Waals surface area (Å²) >= 11 is 0. The van der Waals surface area contributed by atoms with Gasteiger partial charge in [-0.2, -0.15) is 0 Å². The standard InChI is InChI=1S/C12H15NO2/c14-11-3-1-2-9-10-7-13-6-8(10)4-5-15-12(9)11/h1-3,8,10,13-14H,4-7H2/t8?,10-/m0/s1. The van der Waals surface area contributed by atoms with E-state index in [2.05, 4.69) is 11.4 Å². The molecule has 2 aliphatic rings. The number of rotatable bonds is 0. The summed E-state index contributed by atoms with van der Waals surface area (Å²) in [5.74, 6) is 2.15. The van der Waals surface area contributed by atoms with Crippen molar-refractivity contribution >= 4 is 0 Å². The fourth-order valence-electron chi connectivity index (χ4n) is 2.70. The lowest BCUT2D eigenvalue weighted by Crippen LogP contribution is -2.11. The van der Waals surface area contributed by atoms with Crippen molar-refractivity contribution in [3.05, 3.63) is 23.8 Å². The van der Waals surface area contributed by atoms with Gasteiger partial charge in [0.15, 0.2) is 11.5 Å². The van der Waals surface area contributed by atoms with Crippen LogP contribution in [0.4, 0.5) is 0 Å². The minimum atomic E-state index is 0.278. The molecule has 0 saturated carbocycles. The van der Waals surface area contributed by atoms with Crippen molar-refractivity contribution in [1.29, 1.82) is 0 Å². The van der Waals surface area contributed by atoms with Gasteiger partial charge in [-0.3, -0.25) is 0 Å². The summed E-state index contributed by atoms with van der Waals surface area (Å²) in [7, 11) is 0. The maximum atomic E-state index is 9.76. The Labute approximate surface area is 89.1 Å². The monoisotopic (exact) mass is 205 g/mol. The predicted octanol–water partition coefficient (Wildman–Crippen LogP) is 1.48. The predicted molar refractivity (Wildman–Crippen MR) is 57.3 cm³/mol. The maximum Gasteiger partial charge on any atom is 0.164 e. The summed E-state index contributed by atoms with van der Waals surface area (Å²) < 4.78 is 5.64. The van der Waals surface area contributed by atoms with E-state index in [0.717, 1.165) is 19.5 Å². The zero-order valence-electron chi connectivity index (χ0n) is 8.57. The van der Waals surface area contributed by atoms with Gasteiger partial charge in [-0.1, -0.05) is 12.1 Å². The minimum Gasteiger partial charge on any atom is -0.504 e. The average Bonchev–Trinajstić information content (AvgIpc) is 2.62. The molecule has 2 atom stereocenters. The van der Waals surface area contributed by atoms with Gasteiger partial charge in [-0.15, -0.1) is 0 Å². The quantitative estimate of drug-likeness (QED) is 0.674. The van der Waals surface area contributed by atoms with E-state index in [4.69, 9.17) is 4.74 Å². The van der Waals surface area contributed by atoms with Gasteiger partial charge < -0.3 is 15.2 Å². The molecule has 0 bridgehead atoms. The van der Waals surface area contributed by atoms with Crippen LogP contribution in [0.5, 0.6) is 11.5 Å². The third-order valence-electron chi connectivity index (χ3n) is 3.50. The SMILES string of the molecule is Oc1cccc2c1OCCC1CNC[C@H]21. The van der Waals surface area contributed by atoms with Gasteiger partial charge >= 0.3 is 0 Å². The average molecular weight is 205 g/mol. The first kappa shape index (κ1) is 9.04. The van der Waals surface area contributed by atoms with E-state index in [0.29, 0.717) is 24.2 Å². The largest absolute Gasteiger partial charge is 0.504 e. The van der Waals surface area contributed by atoms with Crippen molar-refractivity contribution < 1.29 is 9.84 Å². The molecule has 0 aliphatic carbocycles. The molecular formula is C12H15NO2. The Balaban J connectivity index is 2.09. The van der Waals surface area contributed by atoms with Crippen LogP contribution in [0.2, 0.25) is 0 Å². The van der Waals surface area contributed by atoms with Gasteiger partial charge in [0.25, 0.3) is 0 Å². The van der Waals surface area contributed by atoms with E-state index in [1.807, 2.05) is 6.07 Å². The van der Waals surface area contributed by atoms with Gasteiger partial charge in [-0.05, 0) is 24.9 Å². The van der Waals surface area contributed by atoms with Gasteiger partial charge in [-0.25, -0.2) is 0 Å². The second kappa shape index (κ2) is 3.42. The first-order chi connectivity index (χ1) is 7.36. The van der Waals surface area contributed by atoms with Gasteiger partial charge in [0, 0.05) is 18.0 Å². The van der Waals surface area contributed by atoms with Crippen molar-refractivity contribution in [2.75, 3.05) is 19.7 Å². The number of benzene rings is 1.